The molecule has 2 bridgehead atoms. The van der Waals surface area contributed by atoms with E-state index in [1.54, 1.807) is 33.9 Å². The number of aryl methyl sites for hydroxylation is 2. The van der Waals surface area contributed by atoms with E-state index >= 15 is 0 Å². The minimum Gasteiger partial charge on any atom is -0.460 e. The van der Waals surface area contributed by atoms with Crippen LogP contribution < -0.4 is 10.1 Å². The molecule has 37 heavy (non-hydrogen) atoms. The number of nitrogens with one attached hydrogen (secondary N) is 1. The van der Waals surface area contributed by atoms with Crippen LogP contribution in [0, 0.1) is 19.8 Å². The number of nitrogens with zero attached hydrogens (tertiary/aromatic N) is 3. The molecular formula is C28H28N4O5. The summed E-state index contributed by atoms with van der Waals surface area (Å²) in [6.45, 7) is 5.84. The monoisotopic (exact) mass is 500 g/mol. The Morgan fingerprint density at radius 2 is 2.00 bits per heavy atom. The van der Waals surface area contributed by atoms with Crippen LogP contribution >= 0.6 is 0 Å². The zero-order chi connectivity index (χ0) is 25.6. The van der Waals surface area contributed by atoms with Gasteiger partial charge in [-0.2, -0.15) is 5.10 Å². The van der Waals surface area contributed by atoms with Crippen LogP contribution in [0.5, 0.6) is 11.5 Å². The van der Waals surface area contributed by atoms with Crippen molar-refractivity contribution in [2.75, 3.05) is 6.54 Å². The molecule has 3 saturated carbocycles. The van der Waals surface area contributed by atoms with E-state index in [9.17, 15) is 14.7 Å². The molecule has 2 amide bonds. The van der Waals surface area contributed by atoms with Crippen molar-refractivity contribution in [3.63, 3.8) is 0 Å². The number of hydrogen-bond donors (Lipinski definition) is 2. The lowest BCUT2D eigenvalue weighted by Crippen LogP contribution is -2.68. The van der Waals surface area contributed by atoms with Crippen LogP contribution in [0.4, 0.5) is 0 Å². The predicted molar refractivity (Wildman–Crippen MR) is 135 cm³/mol. The number of aliphatic hydroxyl groups excluding tert-OH is 1. The Morgan fingerprint density at radius 1 is 1.22 bits per heavy atom. The van der Waals surface area contributed by atoms with Crippen molar-refractivity contribution in [1.82, 2.24) is 19.8 Å². The molecule has 0 radical (unpaired) electrons. The molecule has 3 aromatic heterocycles. The van der Waals surface area contributed by atoms with Gasteiger partial charge in [-0.15, -0.1) is 0 Å². The molecule has 3 aliphatic carbocycles. The van der Waals surface area contributed by atoms with Gasteiger partial charge < -0.3 is 24.5 Å². The van der Waals surface area contributed by atoms with Crippen molar-refractivity contribution in [3.05, 3.63) is 59.1 Å². The summed E-state index contributed by atoms with van der Waals surface area (Å²) in [6, 6.07) is 7.00. The highest BCUT2D eigenvalue weighted by Gasteiger charge is 2.57. The summed E-state index contributed by atoms with van der Waals surface area (Å²) in [5, 5.41) is 18.2. The van der Waals surface area contributed by atoms with E-state index in [0.29, 0.717) is 46.0 Å². The number of aromatic nitrogens is 2. The molecule has 1 aromatic carbocycles. The molecule has 0 unspecified atom stereocenters. The number of carbonyl (C=O) groups is 2. The summed E-state index contributed by atoms with van der Waals surface area (Å²) in [5.41, 5.74) is 3.12. The largest absolute Gasteiger partial charge is 0.460 e. The maximum absolute atomic E-state index is 13.1. The Morgan fingerprint density at radius 3 is 2.68 bits per heavy atom. The lowest BCUT2D eigenvalue weighted by Gasteiger charge is -2.61. The van der Waals surface area contributed by atoms with E-state index in [1.807, 2.05) is 32.9 Å². The van der Waals surface area contributed by atoms with Crippen molar-refractivity contribution in [2.24, 2.45) is 5.92 Å². The molecule has 4 aromatic rings. The number of hydrogen-bond acceptors (Lipinski definition) is 6. The molecule has 2 atom stereocenters. The summed E-state index contributed by atoms with van der Waals surface area (Å²) in [5.74, 6) is 2.25. The number of furan rings is 1. The van der Waals surface area contributed by atoms with Gasteiger partial charge in [0.15, 0.2) is 5.75 Å². The van der Waals surface area contributed by atoms with E-state index in [4.69, 9.17) is 9.15 Å². The molecule has 1 saturated heterocycles. The smallest absolute Gasteiger partial charge is 0.256 e. The van der Waals surface area contributed by atoms with Gasteiger partial charge in [0.1, 0.15) is 22.6 Å². The van der Waals surface area contributed by atoms with Gasteiger partial charge in [-0.1, -0.05) is 0 Å². The fraction of sp³-hybridized carbons (Fsp3) is 0.393. The van der Waals surface area contributed by atoms with Crippen LogP contribution in [-0.2, 0) is 0 Å². The van der Waals surface area contributed by atoms with Crippen molar-refractivity contribution in [3.8, 4) is 11.5 Å². The second-order valence-corrected chi connectivity index (χ2v) is 10.9. The highest BCUT2D eigenvalue weighted by atomic mass is 16.5. The molecule has 2 N–H and O–H groups in total. The van der Waals surface area contributed by atoms with E-state index < -0.39 is 6.10 Å². The summed E-state index contributed by atoms with van der Waals surface area (Å²) >= 11 is 0. The lowest BCUT2D eigenvalue weighted by atomic mass is 9.50. The van der Waals surface area contributed by atoms with Gasteiger partial charge in [0.2, 0.25) is 0 Å². The van der Waals surface area contributed by atoms with Crippen LogP contribution in [0.2, 0.25) is 0 Å². The van der Waals surface area contributed by atoms with Crippen LogP contribution in [0.25, 0.3) is 16.5 Å². The highest BCUT2D eigenvalue weighted by molar-refractivity contribution is 6.08. The second-order valence-electron chi connectivity index (χ2n) is 10.9. The summed E-state index contributed by atoms with van der Waals surface area (Å²) in [7, 11) is 0. The van der Waals surface area contributed by atoms with Crippen LogP contribution in [-0.4, -0.2) is 55.7 Å². The number of amides is 2. The molecule has 0 spiro atoms. The topological polar surface area (TPSA) is 109 Å². The van der Waals surface area contributed by atoms with E-state index in [-0.39, 0.29) is 23.4 Å². The first-order valence-electron chi connectivity index (χ1n) is 12.7. The minimum atomic E-state index is -0.492. The molecule has 9 heteroatoms. The number of fused-ring (bicyclic) bond motifs is 2. The lowest BCUT2D eigenvalue weighted by molar-refractivity contribution is -0.0438. The number of carbonyl (C=O) groups excluding carboxylic acids is 2. The van der Waals surface area contributed by atoms with Gasteiger partial charge in [0.25, 0.3) is 11.8 Å². The van der Waals surface area contributed by atoms with Crippen LogP contribution in [0.1, 0.15) is 58.2 Å². The maximum Gasteiger partial charge on any atom is 0.256 e. The average molecular weight is 501 g/mol. The number of aliphatic hydroxyl groups is 1. The molecule has 9 nitrogen and oxygen atoms in total. The first-order valence-corrected chi connectivity index (χ1v) is 12.7. The Labute approximate surface area is 213 Å². The molecule has 1 aliphatic heterocycles. The average Bonchev–Trinajstić information content (AvgIpc) is 3.34. The fourth-order valence-corrected chi connectivity index (χ4v) is 6.14. The molecule has 4 heterocycles. The second kappa shape index (κ2) is 7.58. The molecule has 4 aliphatic rings. The van der Waals surface area contributed by atoms with Crippen LogP contribution in [0.3, 0.4) is 0 Å². The Hall–Kier alpha value is -3.85. The first-order chi connectivity index (χ1) is 17.7. The first kappa shape index (κ1) is 22.4. The van der Waals surface area contributed by atoms with Gasteiger partial charge in [-0.05, 0) is 63.6 Å². The molecule has 8 rings (SSSR count). The van der Waals surface area contributed by atoms with Crippen LogP contribution in [0.15, 0.2) is 41.1 Å². The van der Waals surface area contributed by atoms with E-state index in [2.05, 4.69) is 10.4 Å². The number of likely N-dealkylation sites (tertiary alicyclic amines) is 1. The third-order valence-electron chi connectivity index (χ3n) is 8.52. The van der Waals surface area contributed by atoms with Gasteiger partial charge in [-0.3, -0.25) is 9.59 Å². The SMILES string of the molecule is Cc1oc2cc(Oc3ccnn4cc(C(=O)N5C[C@@H](O)[C@@H]5C)c(C)c34)ccc2c1C(=O)NC12CC(C1)C2. The zero-order valence-electron chi connectivity index (χ0n) is 20.9. The van der Waals surface area contributed by atoms with E-state index in [0.717, 1.165) is 36.1 Å². The Bertz CT molecular complexity index is 1600. The van der Waals surface area contributed by atoms with Gasteiger partial charge >= 0.3 is 0 Å². The number of benzene rings is 1. The summed E-state index contributed by atoms with van der Waals surface area (Å²) in [6.07, 6.45) is 6.07. The van der Waals surface area contributed by atoms with Crippen molar-refractivity contribution in [1.29, 1.82) is 0 Å². The Balaban J connectivity index is 1.18. The number of ether oxygens (including phenoxy) is 1. The van der Waals surface area contributed by atoms with Gasteiger partial charge in [-0.25, -0.2) is 4.52 Å². The Kier molecular flexibility index (Phi) is 4.58. The van der Waals surface area contributed by atoms with Gasteiger partial charge in [0, 0.05) is 35.8 Å². The van der Waals surface area contributed by atoms with Crippen molar-refractivity contribution < 1.29 is 23.8 Å². The molecule has 4 fully saturated rings. The maximum atomic E-state index is 13.1. The van der Waals surface area contributed by atoms with Crippen molar-refractivity contribution >= 4 is 28.3 Å². The standard InChI is InChI=1S/C28H28N4O5/c1-14-20(27(35)31-13-21(33)15(31)2)12-32-25(14)22(6-7-29-32)37-18-4-5-19-23(8-18)36-16(3)24(19)26(34)30-28-9-17(10-28)11-28/h4-8,12,15,17,21,33H,9-11,13H2,1-3H3,(H,30,34)/t15-,17?,21+,28?/m0/s1. The number of rotatable bonds is 5. The minimum absolute atomic E-state index is 0.00362. The molecule has 190 valence electrons. The van der Waals surface area contributed by atoms with Gasteiger partial charge in [0.05, 0.1) is 29.5 Å². The predicted octanol–water partition coefficient (Wildman–Crippen LogP) is 3.98. The quantitative estimate of drug-likeness (QED) is 0.429. The summed E-state index contributed by atoms with van der Waals surface area (Å²) < 4.78 is 13.8. The van der Waals surface area contributed by atoms with E-state index in [1.165, 1.54) is 0 Å². The molecular weight excluding hydrogens is 472 g/mol. The normalized spacial score (nSPS) is 25.9. The summed E-state index contributed by atoms with van der Waals surface area (Å²) in [4.78, 5) is 27.8. The van der Waals surface area contributed by atoms with Crippen molar-refractivity contribution in [2.45, 2.75) is 57.7 Å². The highest BCUT2D eigenvalue weighted by Crippen LogP contribution is 2.57. The fourth-order valence-electron chi connectivity index (χ4n) is 6.14. The zero-order valence-corrected chi connectivity index (χ0v) is 20.9. The number of β-amino-alcohol motifs (C(OH)–C–C–N with tert-alkyl or cyclic N) is 1. The third kappa shape index (κ3) is 3.23. The third-order valence-corrected chi connectivity index (χ3v) is 8.52.